The quantitative estimate of drug-likeness (QED) is 0.902. The molecule has 19 heavy (non-hydrogen) atoms. The molecule has 0 fully saturated rings. The van der Waals surface area contributed by atoms with E-state index in [1.807, 2.05) is 18.2 Å². The average Bonchev–Trinajstić information content (AvgIpc) is 2.65. The van der Waals surface area contributed by atoms with E-state index in [4.69, 9.17) is 16.6 Å². The number of halogens is 1. The highest BCUT2D eigenvalue weighted by atomic mass is 35.5. The van der Waals surface area contributed by atoms with E-state index in [2.05, 4.69) is 37.6 Å². The molecule has 0 saturated heterocycles. The Balaban J connectivity index is 2.34. The summed E-state index contributed by atoms with van der Waals surface area (Å²) in [5.74, 6) is 1.13. The summed E-state index contributed by atoms with van der Waals surface area (Å²) in [4.78, 5) is 4.74. The zero-order valence-electron chi connectivity index (χ0n) is 12.1. The molecular weight excluding hydrogens is 258 g/mol. The van der Waals surface area contributed by atoms with Crippen LogP contribution in [0.4, 0.5) is 0 Å². The van der Waals surface area contributed by atoms with Crippen LogP contribution in [0.3, 0.4) is 0 Å². The Labute approximate surface area is 120 Å². The minimum atomic E-state index is 0.387. The summed E-state index contributed by atoms with van der Waals surface area (Å²) >= 11 is 6.10. The van der Waals surface area contributed by atoms with E-state index in [1.165, 1.54) is 0 Å². The molecule has 4 heteroatoms. The SMILES string of the molecule is CC(C)NCCc1nc2ccc(Cl)cc2n1C(C)C. The van der Waals surface area contributed by atoms with Gasteiger partial charge in [0.25, 0.3) is 0 Å². The lowest BCUT2D eigenvalue weighted by Crippen LogP contribution is -2.26. The van der Waals surface area contributed by atoms with E-state index in [1.54, 1.807) is 0 Å². The highest BCUT2D eigenvalue weighted by Crippen LogP contribution is 2.24. The lowest BCUT2D eigenvalue weighted by Gasteiger charge is -2.14. The Morgan fingerprint density at radius 3 is 2.63 bits per heavy atom. The molecule has 1 heterocycles. The van der Waals surface area contributed by atoms with Crippen molar-refractivity contribution in [3.8, 4) is 0 Å². The predicted molar refractivity (Wildman–Crippen MR) is 82.0 cm³/mol. The maximum Gasteiger partial charge on any atom is 0.111 e. The van der Waals surface area contributed by atoms with Crippen molar-refractivity contribution < 1.29 is 0 Å². The molecule has 0 saturated carbocycles. The molecule has 0 radical (unpaired) electrons. The first kappa shape index (κ1) is 14.4. The summed E-state index contributed by atoms with van der Waals surface area (Å²) in [6.45, 7) is 9.63. The number of fused-ring (bicyclic) bond motifs is 1. The number of aromatic nitrogens is 2. The van der Waals surface area contributed by atoms with Gasteiger partial charge < -0.3 is 9.88 Å². The zero-order valence-corrected chi connectivity index (χ0v) is 12.8. The smallest absolute Gasteiger partial charge is 0.111 e. The normalized spacial score (nSPS) is 11.9. The summed E-state index contributed by atoms with van der Waals surface area (Å²) < 4.78 is 2.28. The van der Waals surface area contributed by atoms with Crippen LogP contribution in [0.2, 0.25) is 5.02 Å². The van der Waals surface area contributed by atoms with Gasteiger partial charge in [-0.05, 0) is 32.0 Å². The van der Waals surface area contributed by atoms with Gasteiger partial charge in [0.1, 0.15) is 5.82 Å². The molecule has 0 aliphatic rings. The molecule has 104 valence electrons. The Morgan fingerprint density at radius 1 is 1.26 bits per heavy atom. The van der Waals surface area contributed by atoms with Gasteiger partial charge in [0.2, 0.25) is 0 Å². The van der Waals surface area contributed by atoms with E-state index < -0.39 is 0 Å². The van der Waals surface area contributed by atoms with Crippen molar-refractivity contribution >= 4 is 22.6 Å². The Morgan fingerprint density at radius 2 is 2.00 bits per heavy atom. The maximum atomic E-state index is 6.10. The van der Waals surface area contributed by atoms with Crippen molar-refractivity contribution in [3.05, 3.63) is 29.0 Å². The van der Waals surface area contributed by atoms with Crippen LogP contribution in [-0.2, 0) is 6.42 Å². The molecule has 1 aromatic carbocycles. The van der Waals surface area contributed by atoms with Gasteiger partial charge in [-0.1, -0.05) is 25.4 Å². The van der Waals surface area contributed by atoms with E-state index in [0.29, 0.717) is 12.1 Å². The van der Waals surface area contributed by atoms with Crippen molar-refractivity contribution in [1.29, 1.82) is 0 Å². The minimum absolute atomic E-state index is 0.387. The first-order valence-corrected chi connectivity index (χ1v) is 7.26. The van der Waals surface area contributed by atoms with Gasteiger partial charge in [0, 0.05) is 30.1 Å². The topological polar surface area (TPSA) is 29.9 Å². The van der Waals surface area contributed by atoms with Gasteiger partial charge in [-0.3, -0.25) is 0 Å². The summed E-state index contributed by atoms with van der Waals surface area (Å²) in [7, 11) is 0. The second-order valence-electron chi connectivity index (χ2n) is 5.48. The maximum absolute atomic E-state index is 6.10. The number of imidazole rings is 1. The van der Waals surface area contributed by atoms with Crippen molar-refractivity contribution in [2.75, 3.05) is 6.54 Å². The minimum Gasteiger partial charge on any atom is -0.325 e. The Bertz CT molecular complexity index is 558. The largest absolute Gasteiger partial charge is 0.325 e. The molecule has 0 amide bonds. The van der Waals surface area contributed by atoms with E-state index in [0.717, 1.165) is 34.8 Å². The molecule has 0 unspecified atom stereocenters. The number of nitrogens with zero attached hydrogens (tertiary/aromatic N) is 2. The van der Waals surface area contributed by atoms with Crippen LogP contribution in [0.1, 0.15) is 39.6 Å². The average molecular weight is 280 g/mol. The van der Waals surface area contributed by atoms with Crippen molar-refractivity contribution in [3.63, 3.8) is 0 Å². The van der Waals surface area contributed by atoms with E-state index in [-0.39, 0.29) is 0 Å². The van der Waals surface area contributed by atoms with E-state index >= 15 is 0 Å². The van der Waals surface area contributed by atoms with Gasteiger partial charge in [-0.25, -0.2) is 4.98 Å². The highest BCUT2D eigenvalue weighted by molar-refractivity contribution is 6.31. The zero-order chi connectivity index (χ0) is 14.0. The molecular formula is C15H22ClN3. The Hall–Kier alpha value is -1.06. The number of hydrogen-bond acceptors (Lipinski definition) is 2. The molecule has 0 atom stereocenters. The fourth-order valence-corrected chi connectivity index (χ4v) is 2.51. The summed E-state index contributed by atoms with van der Waals surface area (Å²) in [5, 5.41) is 4.20. The van der Waals surface area contributed by atoms with Gasteiger partial charge in [0.05, 0.1) is 11.0 Å². The number of rotatable bonds is 5. The standard InChI is InChI=1S/C15H22ClN3/c1-10(2)17-8-7-15-18-13-6-5-12(16)9-14(13)19(15)11(3)4/h5-6,9-11,17H,7-8H2,1-4H3. The third-order valence-corrected chi connectivity index (χ3v) is 3.38. The molecule has 2 rings (SSSR count). The molecule has 1 N–H and O–H groups in total. The fourth-order valence-electron chi connectivity index (χ4n) is 2.34. The highest BCUT2D eigenvalue weighted by Gasteiger charge is 2.13. The first-order chi connectivity index (χ1) is 8.99. The number of hydrogen-bond donors (Lipinski definition) is 1. The van der Waals surface area contributed by atoms with Crippen LogP contribution in [-0.4, -0.2) is 22.1 Å². The summed E-state index contributed by atoms with van der Waals surface area (Å²) in [5.41, 5.74) is 2.15. The van der Waals surface area contributed by atoms with Gasteiger partial charge in [-0.15, -0.1) is 0 Å². The molecule has 0 aliphatic heterocycles. The molecule has 0 spiro atoms. The fraction of sp³-hybridized carbons (Fsp3) is 0.533. The van der Waals surface area contributed by atoms with E-state index in [9.17, 15) is 0 Å². The molecule has 0 aliphatic carbocycles. The van der Waals surface area contributed by atoms with Crippen LogP contribution in [0, 0.1) is 0 Å². The van der Waals surface area contributed by atoms with Gasteiger partial charge in [0.15, 0.2) is 0 Å². The van der Waals surface area contributed by atoms with Crippen LogP contribution in [0.25, 0.3) is 11.0 Å². The molecule has 3 nitrogen and oxygen atoms in total. The second kappa shape index (κ2) is 5.93. The number of benzene rings is 1. The van der Waals surface area contributed by atoms with Crippen LogP contribution in [0.5, 0.6) is 0 Å². The molecule has 2 aromatic rings. The third kappa shape index (κ3) is 3.28. The first-order valence-electron chi connectivity index (χ1n) is 6.88. The van der Waals surface area contributed by atoms with Crippen molar-refractivity contribution in [2.24, 2.45) is 0 Å². The lowest BCUT2D eigenvalue weighted by atomic mass is 10.3. The van der Waals surface area contributed by atoms with Crippen LogP contribution < -0.4 is 5.32 Å². The second-order valence-corrected chi connectivity index (χ2v) is 5.92. The predicted octanol–water partition coefficient (Wildman–Crippen LogP) is 3.81. The van der Waals surface area contributed by atoms with Crippen LogP contribution in [0.15, 0.2) is 18.2 Å². The monoisotopic (exact) mass is 279 g/mol. The van der Waals surface area contributed by atoms with Crippen molar-refractivity contribution in [1.82, 2.24) is 14.9 Å². The van der Waals surface area contributed by atoms with Gasteiger partial charge >= 0.3 is 0 Å². The number of nitrogens with one attached hydrogen (secondary N) is 1. The third-order valence-electron chi connectivity index (χ3n) is 3.14. The lowest BCUT2D eigenvalue weighted by molar-refractivity contribution is 0.546. The molecule has 0 bridgehead atoms. The molecule has 1 aromatic heterocycles. The Kier molecular flexibility index (Phi) is 4.48. The van der Waals surface area contributed by atoms with Crippen LogP contribution >= 0.6 is 11.6 Å². The summed E-state index contributed by atoms with van der Waals surface area (Å²) in [6.07, 6.45) is 0.933. The van der Waals surface area contributed by atoms with Crippen molar-refractivity contribution in [2.45, 2.75) is 46.2 Å². The van der Waals surface area contributed by atoms with Gasteiger partial charge in [-0.2, -0.15) is 0 Å². The summed E-state index contributed by atoms with van der Waals surface area (Å²) in [6, 6.07) is 6.79.